The highest BCUT2D eigenvalue weighted by Crippen LogP contribution is 2.49. The Morgan fingerprint density at radius 3 is 2.51 bits per heavy atom. The van der Waals surface area contributed by atoms with Crippen molar-refractivity contribution in [3.05, 3.63) is 62.8 Å². The second-order valence-electron chi connectivity index (χ2n) is 11.3. The SMILES string of the molecule is C[C@H]1CC[C@]2(CC(C#CC(C)(C)O)N(Cc3c(F)cc(F)cc3F)O2)[C@H]2CN1C(=O)c1c(O)c(=O)c(C(N)=O)cn12. The van der Waals surface area contributed by atoms with Gasteiger partial charge in [0.25, 0.3) is 11.8 Å². The molecule has 1 spiro atoms. The van der Waals surface area contributed by atoms with Crippen molar-refractivity contribution in [1.29, 1.82) is 0 Å². The van der Waals surface area contributed by atoms with E-state index in [0.717, 1.165) is 6.20 Å². The predicted molar refractivity (Wildman–Crippen MR) is 138 cm³/mol. The van der Waals surface area contributed by atoms with Crippen molar-refractivity contribution in [3.63, 3.8) is 0 Å². The van der Waals surface area contributed by atoms with Gasteiger partial charge in [-0.3, -0.25) is 19.2 Å². The molecule has 10 nitrogen and oxygen atoms in total. The van der Waals surface area contributed by atoms with Gasteiger partial charge in [0.2, 0.25) is 5.43 Å². The number of carbonyl (C=O) groups is 2. The van der Waals surface area contributed by atoms with Gasteiger partial charge >= 0.3 is 0 Å². The molecule has 0 saturated carbocycles. The van der Waals surface area contributed by atoms with Crippen LogP contribution in [0, 0.1) is 29.3 Å². The zero-order valence-electron chi connectivity index (χ0n) is 22.6. The van der Waals surface area contributed by atoms with E-state index in [-0.39, 0.29) is 24.7 Å². The highest BCUT2D eigenvalue weighted by atomic mass is 19.1. The highest BCUT2D eigenvalue weighted by molar-refractivity contribution is 5.99. The minimum atomic E-state index is -1.41. The van der Waals surface area contributed by atoms with Crippen LogP contribution >= 0.6 is 0 Å². The molecule has 4 atom stereocenters. The fourth-order valence-electron chi connectivity index (χ4n) is 5.83. The molecule has 4 N–H and O–H groups in total. The molecule has 1 unspecified atom stereocenters. The number of pyridine rings is 1. The summed E-state index contributed by atoms with van der Waals surface area (Å²) in [7, 11) is 0. The first-order valence-electron chi connectivity index (χ1n) is 13.0. The molecule has 2 saturated heterocycles. The third-order valence-electron chi connectivity index (χ3n) is 7.92. The molecule has 3 aliphatic rings. The Morgan fingerprint density at radius 1 is 1.24 bits per heavy atom. The number of aromatic hydroxyl groups is 1. The largest absolute Gasteiger partial charge is 0.503 e. The van der Waals surface area contributed by atoms with Gasteiger partial charge in [0.15, 0.2) is 11.4 Å². The molecular formula is C28H29F3N4O6. The fraction of sp³-hybridized carbons (Fsp3) is 0.464. The van der Waals surface area contributed by atoms with E-state index in [9.17, 15) is 37.8 Å². The van der Waals surface area contributed by atoms with Crippen LogP contribution in [0.25, 0.3) is 0 Å². The number of benzene rings is 1. The van der Waals surface area contributed by atoms with Crippen molar-refractivity contribution in [2.24, 2.45) is 5.73 Å². The number of halogens is 3. The normalized spacial score (nSPS) is 26.0. The van der Waals surface area contributed by atoms with Crippen LogP contribution in [-0.2, 0) is 11.4 Å². The first kappa shape index (κ1) is 28.7. The van der Waals surface area contributed by atoms with Crippen molar-refractivity contribution >= 4 is 11.8 Å². The monoisotopic (exact) mass is 574 g/mol. The lowest BCUT2D eigenvalue weighted by atomic mass is 9.83. The Hall–Kier alpha value is -3.86. The summed E-state index contributed by atoms with van der Waals surface area (Å²) in [6, 6.07) is -0.837. The van der Waals surface area contributed by atoms with Crippen molar-refractivity contribution in [2.45, 2.75) is 75.9 Å². The van der Waals surface area contributed by atoms with Gasteiger partial charge in [-0.2, -0.15) is 5.06 Å². The molecular weight excluding hydrogens is 545 g/mol. The van der Waals surface area contributed by atoms with Crippen molar-refractivity contribution in [1.82, 2.24) is 14.5 Å². The highest BCUT2D eigenvalue weighted by Gasteiger charge is 2.56. The Labute approximate surface area is 233 Å². The van der Waals surface area contributed by atoms with Crippen LogP contribution in [0.4, 0.5) is 13.2 Å². The number of hydrogen-bond donors (Lipinski definition) is 3. The van der Waals surface area contributed by atoms with Gasteiger partial charge in [-0.05, 0) is 33.6 Å². The third-order valence-corrected chi connectivity index (χ3v) is 7.92. The smallest absolute Gasteiger partial charge is 0.274 e. The second-order valence-corrected chi connectivity index (χ2v) is 11.3. The lowest BCUT2D eigenvalue weighted by molar-refractivity contribution is -0.223. The molecule has 5 rings (SSSR count). The number of carbonyl (C=O) groups excluding carboxylic acids is 2. The third kappa shape index (κ3) is 4.96. The lowest BCUT2D eigenvalue weighted by Crippen LogP contribution is -2.52. The summed E-state index contributed by atoms with van der Waals surface area (Å²) in [5.41, 5.74) is 0.376. The number of nitrogens with zero attached hydrogens (tertiary/aromatic N) is 3. The summed E-state index contributed by atoms with van der Waals surface area (Å²) >= 11 is 0. The molecule has 3 aliphatic heterocycles. The number of hydrogen-bond acceptors (Lipinski definition) is 7. The van der Waals surface area contributed by atoms with Gasteiger partial charge in [0, 0.05) is 42.9 Å². The van der Waals surface area contributed by atoms with E-state index in [1.54, 1.807) is 6.92 Å². The molecule has 1 aromatic carbocycles. The fourth-order valence-corrected chi connectivity index (χ4v) is 5.83. The molecule has 2 bridgehead atoms. The van der Waals surface area contributed by atoms with E-state index >= 15 is 0 Å². The first-order valence-corrected chi connectivity index (χ1v) is 13.0. The van der Waals surface area contributed by atoms with Gasteiger partial charge < -0.3 is 25.4 Å². The summed E-state index contributed by atoms with van der Waals surface area (Å²) in [4.78, 5) is 46.1. The molecule has 4 heterocycles. The van der Waals surface area contributed by atoms with Gasteiger partial charge in [-0.25, -0.2) is 13.2 Å². The summed E-state index contributed by atoms with van der Waals surface area (Å²) < 4.78 is 44.3. The van der Waals surface area contributed by atoms with Gasteiger partial charge in [0.05, 0.1) is 18.6 Å². The number of aliphatic hydroxyl groups is 1. The van der Waals surface area contributed by atoms with Crippen molar-refractivity contribution in [2.75, 3.05) is 6.54 Å². The molecule has 2 aromatic rings. The number of aromatic nitrogens is 1. The summed E-state index contributed by atoms with van der Waals surface area (Å²) in [5.74, 6) is -0.328. The van der Waals surface area contributed by atoms with Crippen LogP contribution in [0.1, 0.15) is 72.5 Å². The van der Waals surface area contributed by atoms with E-state index in [4.69, 9.17) is 10.6 Å². The number of nitrogens with two attached hydrogens (primary N) is 1. The number of primary amides is 1. The molecule has 41 heavy (non-hydrogen) atoms. The van der Waals surface area contributed by atoms with Crippen LogP contribution in [0.5, 0.6) is 5.75 Å². The lowest BCUT2D eigenvalue weighted by Gasteiger charge is -2.42. The van der Waals surface area contributed by atoms with Crippen molar-refractivity contribution in [3.8, 4) is 17.6 Å². The quantitative estimate of drug-likeness (QED) is 0.477. The molecule has 0 radical (unpaired) electrons. The molecule has 0 aliphatic carbocycles. The first-order chi connectivity index (χ1) is 19.1. The van der Waals surface area contributed by atoms with Crippen LogP contribution in [0.2, 0.25) is 0 Å². The Kier molecular flexibility index (Phi) is 6.92. The maximum atomic E-state index is 14.7. The Morgan fingerprint density at radius 2 is 1.90 bits per heavy atom. The summed E-state index contributed by atoms with van der Waals surface area (Å²) in [5, 5.41) is 22.3. The molecule has 218 valence electrons. The molecule has 13 heteroatoms. The minimum absolute atomic E-state index is 0.0618. The average molecular weight is 575 g/mol. The zero-order valence-corrected chi connectivity index (χ0v) is 22.6. The van der Waals surface area contributed by atoms with E-state index in [1.165, 1.54) is 28.4 Å². The predicted octanol–water partition coefficient (Wildman–Crippen LogP) is 1.97. The maximum Gasteiger partial charge on any atom is 0.274 e. The van der Waals surface area contributed by atoms with E-state index < -0.39 is 81.4 Å². The molecule has 2 fully saturated rings. The average Bonchev–Trinajstić information content (AvgIpc) is 3.17. The van der Waals surface area contributed by atoms with Crippen molar-refractivity contribution < 1.29 is 37.8 Å². The Balaban J connectivity index is 1.66. The van der Waals surface area contributed by atoms with E-state index in [2.05, 4.69) is 11.8 Å². The number of rotatable bonds is 3. The number of fused-ring (bicyclic) bond motifs is 5. The number of amides is 2. The Bertz CT molecular complexity index is 1550. The molecule has 1 aromatic heterocycles. The standard InChI is InChI=1S/C28H29F3N4O6/c1-14-4-7-28(21-13-33(14)26(39)22-24(37)23(36)18(25(32)38)11-34(21)22)10-16(5-6-27(2,3)40)35(41-28)12-17-19(30)8-15(29)9-20(17)31/h8-9,11,14,16,21,37,40H,4,7,10,12-13H2,1-3H3,(H2,32,38)/t14-,16?,21+,28-/m0/s1. The van der Waals surface area contributed by atoms with Crippen LogP contribution in [-0.4, -0.2) is 66.4 Å². The van der Waals surface area contributed by atoms with Crippen LogP contribution in [0.3, 0.4) is 0 Å². The minimum Gasteiger partial charge on any atom is -0.503 e. The molecule has 2 amide bonds. The maximum absolute atomic E-state index is 14.7. The van der Waals surface area contributed by atoms with E-state index in [1.807, 2.05) is 0 Å². The summed E-state index contributed by atoms with van der Waals surface area (Å²) in [6.07, 6.45) is 1.98. The number of hydroxylamine groups is 2. The van der Waals surface area contributed by atoms with Gasteiger partial charge in [-0.1, -0.05) is 11.8 Å². The van der Waals surface area contributed by atoms with Crippen LogP contribution < -0.4 is 11.2 Å². The summed E-state index contributed by atoms with van der Waals surface area (Å²) in [6.45, 7) is 4.33. The van der Waals surface area contributed by atoms with Crippen LogP contribution in [0.15, 0.2) is 23.1 Å². The van der Waals surface area contributed by atoms with E-state index in [0.29, 0.717) is 25.0 Å². The zero-order chi connectivity index (χ0) is 30.0. The van der Waals surface area contributed by atoms with Gasteiger partial charge in [-0.15, -0.1) is 0 Å². The second kappa shape index (κ2) is 9.90. The topological polar surface area (TPSA) is 138 Å². The van der Waals surface area contributed by atoms with Gasteiger partial charge in [0.1, 0.15) is 34.2 Å².